The van der Waals surface area contributed by atoms with Crippen LogP contribution in [-0.4, -0.2) is 47.1 Å². The summed E-state index contributed by atoms with van der Waals surface area (Å²) in [5.74, 6) is 0.531. The molecule has 1 aliphatic heterocycles. The first-order chi connectivity index (χ1) is 12.5. The fraction of sp³-hybridized carbons (Fsp3) is 0.421. The number of rotatable bonds is 4. The zero-order valence-corrected chi connectivity index (χ0v) is 15.2. The molecule has 0 N–H and O–H groups in total. The molecular weight excluding hydrogens is 337 g/mol. The first kappa shape index (κ1) is 18.1. The van der Waals surface area contributed by atoms with E-state index in [1.165, 1.54) is 19.2 Å². The molecule has 0 aliphatic carbocycles. The van der Waals surface area contributed by atoms with E-state index in [1.807, 2.05) is 13.8 Å². The van der Waals surface area contributed by atoms with Crippen LogP contribution in [0.5, 0.6) is 11.6 Å². The molecule has 26 heavy (non-hydrogen) atoms. The lowest BCUT2D eigenvalue weighted by Gasteiger charge is -2.32. The summed E-state index contributed by atoms with van der Waals surface area (Å²) in [5, 5.41) is 0. The highest BCUT2D eigenvalue weighted by Gasteiger charge is 2.26. The minimum absolute atomic E-state index is 0.121. The molecule has 0 radical (unpaired) electrons. The van der Waals surface area contributed by atoms with Gasteiger partial charge in [0, 0.05) is 23.9 Å². The van der Waals surface area contributed by atoms with Crippen molar-refractivity contribution in [1.82, 2.24) is 14.9 Å². The van der Waals surface area contributed by atoms with Gasteiger partial charge in [0.2, 0.25) is 5.88 Å². The summed E-state index contributed by atoms with van der Waals surface area (Å²) in [6.45, 7) is 4.76. The molecule has 6 nitrogen and oxygen atoms in total. The van der Waals surface area contributed by atoms with E-state index in [4.69, 9.17) is 9.47 Å². The zero-order chi connectivity index (χ0) is 18.7. The second-order valence-corrected chi connectivity index (χ2v) is 6.38. The molecule has 1 fully saturated rings. The number of piperidine rings is 1. The minimum atomic E-state index is -0.546. The third-order valence-electron chi connectivity index (χ3n) is 4.29. The number of methoxy groups -OCH3 is 1. The Balaban J connectivity index is 1.69. The predicted octanol–water partition coefficient (Wildman–Crippen LogP) is 2.92. The summed E-state index contributed by atoms with van der Waals surface area (Å²) < 4.78 is 24.7. The van der Waals surface area contributed by atoms with Crippen LogP contribution in [0.2, 0.25) is 0 Å². The molecular formula is C19H22FN3O3. The lowest BCUT2D eigenvalue weighted by atomic mass is 10.1. The fourth-order valence-electron chi connectivity index (χ4n) is 3.11. The Bertz CT molecular complexity index is 792. The molecule has 3 rings (SSSR count). The van der Waals surface area contributed by atoms with Gasteiger partial charge in [-0.25, -0.2) is 9.37 Å². The van der Waals surface area contributed by atoms with Crippen molar-refractivity contribution in [3.63, 3.8) is 0 Å². The summed E-state index contributed by atoms with van der Waals surface area (Å²) in [5.41, 5.74) is 1.14. The first-order valence-electron chi connectivity index (χ1n) is 8.58. The van der Waals surface area contributed by atoms with Crippen molar-refractivity contribution in [2.24, 2.45) is 0 Å². The number of amides is 1. The smallest absolute Gasteiger partial charge is 0.254 e. The third-order valence-corrected chi connectivity index (χ3v) is 4.29. The van der Waals surface area contributed by atoms with Crippen molar-refractivity contribution >= 4 is 5.91 Å². The molecule has 1 unspecified atom stereocenters. The summed E-state index contributed by atoms with van der Waals surface area (Å²) in [6, 6.07) is 6.04. The molecule has 2 aromatic rings. The van der Waals surface area contributed by atoms with Gasteiger partial charge in [-0.05, 0) is 44.9 Å². The predicted molar refractivity (Wildman–Crippen MR) is 94.0 cm³/mol. The number of likely N-dealkylation sites (tertiary alicyclic amines) is 1. The zero-order valence-electron chi connectivity index (χ0n) is 15.2. The van der Waals surface area contributed by atoms with Crippen LogP contribution in [0.25, 0.3) is 0 Å². The molecule has 138 valence electrons. The second-order valence-electron chi connectivity index (χ2n) is 6.38. The molecule has 1 aliphatic rings. The highest BCUT2D eigenvalue weighted by atomic mass is 19.1. The van der Waals surface area contributed by atoms with E-state index < -0.39 is 5.82 Å². The SMILES string of the molecule is COc1ccc(C(=O)N2CCCC(Oc3cc(C)nc(C)n3)C2)cc1F. The number of carbonyl (C=O) groups excluding carboxylic acids is 1. The average Bonchev–Trinajstić information content (AvgIpc) is 2.60. The van der Waals surface area contributed by atoms with Crippen molar-refractivity contribution in [2.45, 2.75) is 32.8 Å². The van der Waals surface area contributed by atoms with Crippen LogP contribution in [0, 0.1) is 19.7 Å². The van der Waals surface area contributed by atoms with Crippen LogP contribution >= 0.6 is 0 Å². The quantitative estimate of drug-likeness (QED) is 0.840. The Morgan fingerprint density at radius 3 is 2.77 bits per heavy atom. The van der Waals surface area contributed by atoms with Crippen LogP contribution in [0.3, 0.4) is 0 Å². The molecule has 2 heterocycles. The van der Waals surface area contributed by atoms with Crippen LogP contribution in [0.1, 0.15) is 34.7 Å². The molecule has 1 aromatic heterocycles. The van der Waals surface area contributed by atoms with Gasteiger partial charge >= 0.3 is 0 Å². The molecule has 1 aromatic carbocycles. The number of halogens is 1. The maximum absolute atomic E-state index is 13.9. The molecule has 0 saturated carbocycles. The normalized spacial score (nSPS) is 17.1. The first-order valence-corrected chi connectivity index (χ1v) is 8.58. The number of benzene rings is 1. The van der Waals surface area contributed by atoms with Gasteiger partial charge < -0.3 is 14.4 Å². The summed E-state index contributed by atoms with van der Waals surface area (Å²) in [6.07, 6.45) is 1.51. The summed E-state index contributed by atoms with van der Waals surface area (Å²) in [7, 11) is 1.39. The van der Waals surface area contributed by atoms with Gasteiger partial charge in [-0.3, -0.25) is 4.79 Å². The summed E-state index contributed by atoms with van der Waals surface area (Å²) in [4.78, 5) is 22.9. The highest BCUT2D eigenvalue weighted by Crippen LogP contribution is 2.22. The monoisotopic (exact) mass is 359 g/mol. The molecule has 1 saturated heterocycles. The molecule has 0 bridgehead atoms. The van der Waals surface area contributed by atoms with Crippen LogP contribution in [0.4, 0.5) is 4.39 Å². The van der Waals surface area contributed by atoms with Gasteiger partial charge in [-0.15, -0.1) is 0 Å². The van der Waals surface area contributed by atoms with E-state index in [1.54, 1.807) is 17.0 Å². The maximum Gasteiger partial charge on any atom is 0.254 e. The van der Waals surface area contributed by atoms with E-state index in [-0.39, 0.29) is 17.8 Å². The lowest BCUT2D eigenvalue weighted by molar-refractivity contribution is 0.0526. The van der Waals surface area contributed by atoms with Gasteiger partial charge in [0.05, 0.1) is 13.7 Å². The van der Waals surface area contributed by atoms with Gasteiger partial charge in [-0.1, -0.05) is 0 Å². The largest absolute Gasteiger partial charge is 0.494 e. The maximum atomic E-state index is 13.9. The van der Waals surface area contributed by atoms with Crippen molar-refractivity contribution in [1.29, 1.82) is 0 Å². The number of ether oxygens (including phenoxy) is 2. The van der Waals surface area contributed by atoms with Gasteiger partial charge in [0.1, 0.15) is 11.9 Å². The van der Waals surface area contributed by atoms with Crippen molar-refractivity contribution in [3.8, 4) is 11.6 Å². The number of aromatic nitrogens is 2. The van der Waals surface area contributed by atoms with E-state index in [0.717, 1.165) is 18.5 Å². The number of nitrogens with zero attached hydrogens (tertiary/aromatic N) is 3. The topological polar surface area (TPSA) is 64.5 Å². The summed E-state index contributed by atoms with van der Waals surface area (Å²) >= 11 is 0. The van der Waals surface area contributed by atoms with Crippen molar-refractivity contribution in [2.75, 3.05) is 20.2 Å². The average molecular weight is 359 g/mol. The Labute approximate surface area is 152 Å². The van der Waals surface area contributed by atoms with Crippen molar-refractivity contribution in [3.05, 3.63) is 47.2 Å². The Morgan fingerprint density at radius 1 is 1.27 bits per heavy atom. The van der Waals surface area contributed by atoms with Gasteiger partial charge in [0.15, 0.2) is 11.6 Å². The standard InChI is InChI=1S/C19H22FN3O3/c1-12-9-18(22-13(2)21-12)26-15-5-4-8-23(11-15)19(24)14-6-7-17(25-3)16(20)10-14/h6-7,9-10,15H,4-5,8,11H2,1-3H3. The highest BCUT2D eigenvalue weighted by molar-refractivity contribution is 5.94. The van der Waals surface area contributed by atoms with Crippen molar-refractivity contribution < 1.29 is 18.7 Å². The van der Waals surface area contributed by atoms with E-state index in [0.29, 0.717) is 30.4 Å². The van der Waals surface area contributed by atoms with Gasteiger partial charge in [0.25, 0.3) is 5.91 Å². The minimum Gasteiger partial charge on any atom is -0.494 e. The lowest BCUT2D eigenvalue weighted by Crippen LogP contribution is -2.44. The fourth-order valence-corrected chi connectivity index (χ4v) is 3.11. The molecule has 0 spiro atoms. The third kappa shape index (κ3) is 4.09. The Kier molecular flexibility index (Phi) is 5.35. The van der Waals surface area contributed by atoms with Crippen LogP contribution in [-0.2, 0) is 0 Å². The number of carbonyl (C=O) groups is 1. The second kappa shape index (κ2) is 7.68. The number of aryl methyl sites for hydroxylation is 2. The van der Waals surface area contributed by atoms with E-state index in [2.05, 4.69) is 9.97 Å². The Morgan fingerprint density at radius 2 is 2.08 bits per heavy atom. The van der Waals surface area contributed by atoms with Gasteiger partial charge in [-0.2, -0.15) is 4.98 Å². The molecule has 1 atom stereocenters. The molecule has 7 heteroatoms. The van der Waals surface area contributed by atoms with E-state index in [9.17, 15) is 9.18 Å². The molecule has 1 amide bonds. The van der Waals surface area contributed by atoms with Crippen LogP contribution in [0.15, 0.2) is 24.3 Å². The number of hydrogen-bond acceptors (Lipinski definition) is 5. The number of hydrogen-bond donors (Lipinski definition) is 0. The van der Waals surface area contributed by atoms with E-state index >= 15 is 0 Å². The Hall–Kier alpha value is -2.70. The van der Waals surface area contributed by atoms with Crippen LogP contribution < -0.4 is 9.47 Å².